The van der Waals surface area contributed by atoms with Crippen molar-refractivity contribution in [2.24, 2.45) is 0 Å². The Morgan fingerprint density at radius 3 is 2.70 bits per heavy atom. The molecule has 5 nitrogen and oxygen atoms in total. The summed E-state index contributed by atoms with van der Waals surface area (Å²) < 4.78 is 0. The van der Waals surface area contributed by atoms with Gasteiger partial charge in [-0.3, -0.25) is 9.59 Å². The molecule has 0 aliphatic carbocycles. The molecule has 0 fully saturated rings. The Morgan fingerprint density at radius 1 is 1.26 bits per heavy atom. The lowest BCUT2D eigenvalue weighted by Gasteiger charge is -2.26. The summed E-state index contributed by atoms with van der Waals surface area (Å²) in [5.41, 5.74) is 0.501. The Hall–Kier alpha value is -2.17. The molecule has 0 aliphatic rings. The van der Waals surface area contributed by atoms with Crippen LogP contribution in [0.5, 0.6) is 0 Å². The Morgan fingerprint density at radius 2 is 2.00 bits per heavy atom. The van der Waals surface area contributed by atoms with Crippen molar-refractivity contribution in [3.05, 3.63) is 40.4 Å². The van der Waals surface area contributed by atoms with Crippen LogP contribution in [0.3, 0.4) is 0 Å². The zero-order valence-electron chi connectivity index (χ0n) is 14.1. The number of carbonyl (C=O) groups is 1. The number of nitrogens with one attached hydrogen (secondary N) is 1. The lowest BCUT2D eigenvalue weighted by Crippen LogP contribution is -2.37. The number of fused-ring (bicyclic) bond motifs is 1. The molecule has 2 rings (SSSR count). The second kappa shape index (κ2) is 7.90. The SMILES string of the molecule is CCCCCC(=O)N(Cc1nc2ccccc2c(=O)[nH]1)C(C)C. The first-order valence-corrected chi connectivity index (χ1v) is 8.30. The maximum Gasteiger partial charge on any atom is 0.258 e. The monoisotopic (exact) mass is 315 g/mol. The standard InChI is InChI=1S/C18H25N3O2/c1-4-5-6-11-17(22)21(13(2)3)12-16-19-15-10-8-7-9-14(15)18(23)20-16/h7-10,13H,4-6,11-12H2,1-3H3,(H,19,20,23). The van der Waals surface area contributed by atoms with Crippen molar-refractivity contribution in [3.63, 3.8) is 0 Å². The zero-order chi connectivity index (χ0) is 16.8. The number of hydrogen-bond donors (Lipinski definition) is 1. The van der Waals surface area contributed by atoms with Gasteiger partial charge in [-0.2, -0.15) is 0 Å². The minimum absolute atomic E-state index is 0.0703. The highest BCUT2D eigenvalue weighted by molar-refractivity contribution is 5.78. The van der Waals surface area contributed by atoms with Gasteiger partial charge in [0.2, 0.25) is 5.91 Å². The van der Waals surface area contributed by atoms with E-state index in [1.165, 1.54) is 0 Å². The lowest BCUT2D eigenvalue weighted by molar-refractivity contribution is -0.133. The number of hydrogen-bond acceptors (Lipinski definition) is 3. The molecule has 2 aromatic rings. The number of aromatic nitrogens is 2. The van der Waals surface area contributed by atoms with Crippen LogP contribution in [0.1, 0.15) is 52.3 Å². The van der Waals surface area contributed by atoms with Gasteiger partial charge in [-0.25, -0.2) is 4.98 Å². The third kappa shape index (κ3) is 4.41. The third-order valence-corrected chi connectivity index (χ3v) is 3.92. The lowest BCUT2D eigenvalue weighted by atomic mass is 10.1. The molecular formula is C18H25N3O2. The average molecular weight is 315 g/mol. The molecule has 23 heavy (non-hydrogen) atoms. The van der Waals surface area contributed by atoms with Gasteiger partial charge < -0.3 is 9.88 Å². The fourth-order valence-corrected chi connectivity index (χ4v) is 2.60. The molecule has 1 aromatic heterocycles. The van der Waals surface area contributed by atoms with Crippen molar-refractivity contribution in [1.29, 1.82) is 0 Å². The van der Waals surface area contributed by atoms with Crippen LogP contribution in [-0.2, 0) is 11.3 Å². The molecule has 1 amide bonds. The summed E-state index contributed by atoms with van der Waals surface area (Å²) in [5, 5.41) is 0.571. The number of benzene rings is 1. The van der Waals surface area contributed by atoms with Gasteiger partial charge in [-0.05, 0) is 32.4 Å². The summed E-state index contributed by atoms with van der Waals surface area (Å²) in [7, 11) is 0. The van der Waals surface area contributed by atoms with Crippen LogP contribution in [0.15, 0.2) is 29.1 Å². The molecule has 0 spiro atoms. The highest BCUT2D eigenvalue weighted by atomic mass is 16.2. The summed E-state index contributed by atoms with van der Waals surface area (Å²) in [6.45, 7) is 6.42. The van der Waals surface area contributed by atoms with Crippen LogP contribution in [0.2, 0.25) is 0 Å². The van der Waals surface area contributed by atoms with E-state index in [-0.39, 0.29) is 17.5 Å². The minimum atomic E-state index is -0.160. The molecule has 5 heteroatoms. The largest absolute Gasteiger partial charge is 0.333 e. The van der Waals surface area contributed by atoms with Crippen LogP contribution < -0.4 is 5.56 Å². The average Bonchev–Trinajstić information content (AvgIpc) is 2.52. The van der Waals surface area contributed by atoms with Gasteiger partial charge in [0, 0.05) is 12.5 Å². The third-order valence-electron chi connectivity index (χ3n) is 3.92. The Balaban J connectivity index is 2.20. The van der Waals surface area contributed by atoms with Crippen LogP contribution in [0, 0.1) is 0 Å². The van der Waals surface area contributed by atoms with Crippen LogP contribution in [0.4, 0.5) is 0 Å². The van der Waals surface area contributed by atoms with E-state index in [2.05, 4.69) is 16.9 Å². The summed E-state index contributed by atoms with van der Waals surface area (Å²) >= 11 is 0. The zero-order valence-corrected chi connectivity index (χ0v) is 14.1. The van der Waals surface area contributed by atoms with Gasteiger partial charge >= 0.3 is 0 Å². The molecule has 0 radical (unpaired) electrons. The summed E-state index contributed by atoms with van der Waals surface area (Å²) in [6, 6.07) is 7.31. The van der Waals surface area contributed by atoms with Crippen molar-refractivity contribution in [1.82, 2.24) is 14.9 Å². The smallest absolute Gasteiger partial charge is 0.258 e. The Labute approximate surface area is 136 Å². The van der Waals surface area contributed by atoms with Gasteiger partial charge in [-0.15, -0.1) is 0 Å². The van der Waals surface area contributed by atoms with Gasteiger partial charge in [0.05, 0.1) is 17.4 Å². The van der Waals surface area contributed by atoms with E-state index >= 15 is 0 Å². The van der Waals surface area contributed by atoms with Gasteiger partial charge in [0.15, 0.2) is 0 Å². The van der Waals surface area contributed by atoms with Crippen molar-refractivity contribution in [3.8, 4) is 0 Å². The van der Waals surface area contributed by atoms with Crippen LogP contribution in [0.25, 0.3) is 10.9 Å². The van der Waals surface area contributed by atoms with Gasteiger partial charge in [0.25, 0.3) is 5.56 Å². The predicted octanol–water partition coefficient (Wildman–Crippen LogP) is 3.24. The van der Waals surface area contributed by atoms with Crippen molar-refractivity contribution >= 4 is 16.8 Å². The molecule has 1 N–H and O–H groups in total. The van der Waals surface area contributed by atoms with E-state index in [0.717, 1.165) is 19.3 Å². The highest BCUT2D eigenvalue weighted by Crippen LogP contribution is 2.11. The van der Waals surface area contributed by atoms with Crippen molar-refractivity contribution in [2.75, 3.05) is 0 Å². The first-order chi connectivity index (χ1) is 11.0. The second-order valence-electron chi connectivity index (χ2n) is 6.10. The molecule has 0 aliphatic heterocycles. The summed E-state index contributed by atoms with van der Waals surface area (Å²) in [6.07, 6.45) is 3.60. The first-order valence-electron chi connectivity index (χ1n) is 8.30. The van der Waals surface area contributed by atoms with E-state index in [1.807, 2.05) is 32.0 Å². The normalized spacial score (nSPS) is 11.1. The second-order valence-corrected chi connectivity index (χ2v) is 6.10. The maximum absolute atomic E-state index is 12.4. The number of nitrogens with zero attached hydrogens (tertiary/aromatic N) is 2. The van der Waals surface area contributed by atoms with E-state index < -0.39 is 0 Å². The fraction of sp³-hybridized carbons (Fsp3) is 0.500. The number of para-hydroxylation sites is 1. The molecule has 0 atom stereocenters. The maximum atomic E-state index is 12.4. The summed E-state index contributed by atoms with van der Waals surface area (Å²) in [5.74, 6) is 0.649. The number of rotatable bonds is 7. The molecular weight excluding hydrogens is 290 g/mol. The van der Waals surface area contributed by atoms with Gasteiger partial charge in [-0.1, -0.05) is 31.9 Å². The highest BCUT2D eigenvalue weighted by Gasteiger charge is 2.18. The van der Waals surface area contributed by atoms with Crippen molar-refractivity contribution < 1.29 is 4.79 Å². The Bertz CT molecular complexity index is 722. The predicted molar refractivity (Wildman–Crippen MR) is 92.2 cm³/mol. The molecule has 0 saturated heterocycles. The summed E-state index contributed by atoms with van der Waals surface area (Å²) in [4.78, 5) is 33.6. The number of unbranched alkanes of at least 4 members (excludes halogenated alkanes) is 2. The molecule has 0 saturated carbocycles. The van der Waals surface area contributed by atoms with E-state index in [4.69, 9.17) is 0 Å². The number of amides is 1. The van der Waals surface area contributed by atoms with Crippen molar-refractivity contribution in [2.45, 2.75) is 59.0 Å². The van der Waals surface area contributed by atoms with E-state index in [0.29, 0.717) is 29.7 Å². The van der Waals surface area contributed by atoms with E-state index in [9.17, 15) is 9.59 Å². The molecule has 124 valence electrons. The van der Waals surface area contributed by atoms with Crippen LogP contribution >= 0.6 is 0 Å². The first kappa shape index (κ1) is 17.2. The van der Waals surface area contributed by atoms with E-state index in [1.54, 1.807) is 11.0 Å². The van der Waals surface area contributed by atoms with Gasteiger partial charge in [0.1, 0.15) is 5.82 Å². The minimum Gasteiger partial charge on any atom is -0.333 e. The fourth-order valence-electron chi connectivity index (χ4n) is 2.60. The number of H-pyrrole nitrogens is 1. The number of aromatic amines is 1. The quantitative estimate of drug-likeness (QED) is 0.798. The molecule has 0 unspecified atom stereocenters. The molecule has 1 aromatic carbocycles. The molecule has 0 bridgehead atoms. The molecule has 1 heterocycles. The Kier molecular flexibility index (Phi) is 5.90. The number of carbonyl (C=O) groups excluding carboxylic acids is 1. The topological polar surface area (TPSA) is 66.1 Å². The van der Waals surface area contributed by atoms with Crippen LogP contribution in [-0.4, -0.2) is 26.8 Å².